The lowest BCUT2D eigenvalue weighted by atomic mass is 10.0. The van der Waals surface area contributed by atoms with Crippen molar-refractivity contribution in [3.05, 3.63) is 29.8 Å². The number of carbonyl (C=O) groups excluding carboxylic acids is 1. The minimum Gasteiger partial charge on any atom is -0.493 e. The van der Waals surface area contributed by atoms with E-state index in [1.54, 1.807) is 6.07 Å². The van der Waals surface area contributed by atoms with Gasteiger partial charge in [-0.1, -0.05) is 128 Å². The van der Waals surface area contributed by atoms with Crippen LogP contribution in [0.3, 0.4) is 0 Å². The van der Waals surface area contributed by atoms with Crippen molar-refractivity contribution in [1.29, 1.82) is 0 Å². The molecule has 0 aliphatic carbocycles. The monoisotopic (exact) mass is 402 g/mol. The van der Waals surface area contributed by atoms with E-state index in [1.807, 2.05) is 18.2 Å². The molecule has 0 unspecified atom stereocenters. The standard InChI is InChI=1S/C27H46O2/c1-2-3-4-5-6-7-8-9-10-11-12-13-14-15-16-17-18-21-24-29-27-23-20-19-22-26(27)25-28/h19-20,22-23,25H,2-18,21,24H2,1H3. The third-order valence-electron chi connectivity index (χ3n) is 5.80. The van der Waals surface area contributed by atoms with E-state index in [1.165, 1.54) is 109 Å². The smallest absolute Gasteiger partial charge is 0.153 e. The molecule has 1 rings (SSSR count). The summed E-state index contributed by atoms with van der Waals surface area (Å²) in [7, 11) is 0. The summed E-state index contributed by atoms with van der Waals surface area (Å²) in [5, 5.41) is 0. The second kappa shape index (κ2) is 20.0. The number of aldehydes is 1. The molecule has 2 heteroatoms. The van der Waals surface area contributed by atoms with Crippen LogP contribution < -0.4 is 4.74 Å². The van der Waals surface area contributed by atoms with Gasteiger partial charge in [-0.25, -0.2) is 0 Å². The second-order valence-corrected chi connectivity index (χ2v) is 8.51. The van der Waals surface area contributed by atoms with E-state index >= 15 is 0 Å². The summed E-state index contributed by atoms with van der Waals surface area (Å²) in [5.41, 5.74) is 0.648. The van der Waals surface area contributed by atoms with Gasteiger partial charge in [-0.3, -0.25) is 4.79 Å². The molecule has 0 N–H and O–H groups in total. The van der Waals surface area contributed by atoms with E-state index in [0.717, 1.165) is 18.5 Å². The van der Waals surface area contributed by atoms with Gasteiger partial charge in [-0.05, 0) is 18.6 Å². The molecule has 0 bridgehead atoms. The fraction of sp³-hybridized carbons (Fsp3) is 0.741. The number of para-hydroxylation sites is 1. The average molecular weight is 403 g/mol. The van der Waals surface area contributed by atoms with Gasteiger partial charge in [0.2, 0.25) is 0 Å². The summed E-state index contributed by atoms with van der Waals surface area (Å²) in [6, 6.07) is 7.46. The van der Waals surface area contributed by atoms with Crippen molar-refractivity contribution in [3.63, 3.8) is 0 Å². The Hall–Kier alpha value is -1.31. The third-order valence-corrected chi connectivity index (χ3v) is 5.80. The molecule has 0 saturated carbocycles. The molecule has 0 atom stereocenters. The van der Waals surface area contributed by atoms with E-state index in [9.17, 15) is 4.79 Å². The minimum atomic E-state index is 0.648. The van der Waals surface area contributed by atoms with Crippen molar-refractivity contribution in [2.24, 2.45) is 0 Å². The lowest BCUT2D eigenvalue weighted by molar-refractivity contribution is 0.111. The van der Waals surface area contributed by atoms with Crippen molar-refractivity contribution in [2.75, 3.05) is 6.61 Å². The van der Waals surface area contributed by atoms with Crippen LogP contribution in [0.15, 0.2) is 24.3 Å². The number of carbonyl (C=O) groups is 1. The van der Waals surface area contributed by atoms with E-state index < -0.39 is 0 Å². The Kier molecular flexibility index (Phi) is 17.7. The normalized spacial score (nSPS) is 10.9. The second-order valence-electron chi connectivity index (χ2n) is 8.51. The maximum Gasteiger partial charge on any atom is 0.153 e. The highest BCUT2D eigenvalue weighted by Crippen LogP contribution is 2.17. The molecule has 0 amide bonds. The van der Waals surface area contributed by atoms with E-state index in [0.29, 0.717) is 12.2 Å². The summed E-state index contributed by atoms with van der Waals surface area (Å²) < 4.78 is 5.73. The molecule has 2 nitrogen and oxygen atoms in total. The average Bonchev–Trinajstić information content (AvgIpc) is 2.75. The molecule has 0 fully saturated rings. The van der Waals surface area contributed by atoms with Crippen LogP contribution in [0.2, 0.25) is 0 Å². The molecule has 0 radical (unpaired) electrons. The molecule has 0 heterocycles. The molecular formula is C27H46O2. The number of rotatable bonds is 21. The van der Waals surface area contributed by atoms with Crippen molar-refractivity contribution in [1.82, 2.24) is 0 Å². The molecule has 29 heavy (non-hydrogen) atoms. The van der Waals surface area contributed by atoms with E-state index in [4.69, 9.17) is 4.74 Å². The van der Waals surface area contributed by atoms with Crippen LogP contribution in [0.25, 0.3) is 0 Å². The molecule has 1 aromatic carbocycles. The van der Waals surface area contributed by atoms with Crippen molar-refractivity contribution in [3.8, 4) is 5.75 Å². The summed E-state index contributed by atoms with van der Waals surface area (Å²) in [5.74, 6) is 0.717. The summed E-state index contributed by atoms with van der Waals surface area (Å²) >= 11 is 0. The predicted octanol–water partition coefficient (Wildman–Crippen LogP) is 8.92. The zero-order valence-corrected chi connectivity index (χ0v) is 19.1. The third kappa shape index (κ3) is 15.2. The first kappa shape index (κ1) is 25.7. The van der Waals surface area contributed by atoms with Gasteiger partial charge in [-0.15, -0.1) is 0 Å². The highest BCUT2D eigenvalue weighted by molar-refractivity contribution is 5.79. The number of unbranched alkanes of at least 4 members (excludes halogenated alkanes) is 17. The van der Waals surface area contributed by atoms with Crippen LogP contribution in [-0.4, -0.2) is 12.9 Å². The molecule has 0 aliphatic rings. The molecular weight excluding hydrogens is 356 g/mol. The minimum absolute atomic E-state index is 0.648. The molecule has 0 aromatic heterocycles. The first-order valence-corrected chi connectivity index (χ1v) is 12.6. The lowest BCUT2D eigenvalue weighted by Crippen LogP contribution is -1.99. The Balaban J connectivity index is 1.75. The predicted molar refractivity (Wildman–Crippen MR) is 126 cm³/mol. The molecule has 166 valence electrons. The van der Waals surface area contributed by atoms with Crippen molar-refractivity contribution < 1.29 is 9.53 Å². The SMILES string of the molecule is CCCCCCCCCCCCCCCCCCCCOc1ccccc1C=O. The van der Waals surface area contributed by atoms with Crippen LogP contribution in [0.5, 0.6) is 5.75 Å². The Labute approximate surface area is 180 Å². The van der Waals surface area contributed by atoms with Gasteiger partial charge < -0.3 is 4.74 Å². The fourth-order valence-electron chi connectivity index (χ4n) is 3.90. The topological polar surface area (TPSA) is 26.3 Å². The quantitative estimate of drug-likeness (QED) is 0.151. The van der Waals surface area contributed by atoms with Gasteiger partial charge >= 0.3 is 0 Å². The van der Waals surface area contributed by atoms with Gasteiger partial charge in [0, 0.05) is 0 Å². The van der Waals surface area contributed by atoms with Crippen molar-refractivity contribution in [2.45, 2.75) is 122 Å². The van der Waals surface area contributed by atoms with Gasteiger partial charge in [-0.2, -0.15) is 0 Å². The zero-order chi connectivity index (χ0) is 20.8. The molecule has 0 spiro atoms. The Bertz CT molecular complexity index is 483. The molecule has 1 aromatic rings. The van der Waals surface area contributed by atoms with E-state index in [-0.39, 0.29) is 0 Å². The van der Waals surface area contributed by atoms with Gasteiger partial charge in [0.25, 0.3) is 0 Å². The summed E-state index contributed by atoms with van der Waals surface area (Å²) in [4.78, 5) is 10.9. The Morgan fingerprint density at radius 1 is 0.621 bits per heavy atom. The van der Waals surface area contributed by atoms with Crippen LogP contribution >= 0.6 is 0 Å². The van der Waals surface area contributed by atoms with Gasteiger partial charge in [0.1, 0.15) is 5.75 Å². The maximum atomic E-state index is 10.9. The zero-order valence-electron chi connectivity index (χ0n) is 19.1. The maximum absolute atomic E-state index is 10.9. The summed E-state index contributed by atoms with van der Waals surface area (Å²) in [6.45, 7) is 3.00. The number of hydrogen-bond donors (Lipinski definition) is 0. The highest BCUT2D eigenvalue weighted by atomic mass is 16.5. The number of hydrogen-bond acceptors (Lipinski definition) is 2. The van der Waals surface area contributed by atoms with Crippen LogP contribution in [-0.2, 0) is 0 Å². The molecule has 0 aliphatic heterocycles. The first-order chi connectivity index (χ1) is 14.4. The molecule has 0 saturated heterocycles. The first-order valence-electron chi connectivity index (χ1n) is 12.6. The van der Waals surface area contributed by atoms with E-state index in [2.05, 4.69) is 6.92 Å². The fourth-order valence-corrected chi connectivity index (χ4v) is 3.90. The Morgan fingerprint density at radius 2 is 1.03 bits per heavy atom. The van der Waals surface area contributed by atoms with Crippen LogP contribution in [0.4, 0.5) is 0 Å². The van der Waals surface area contributed by atoms with Crippen molar-refractivity contribution >= 4 is 6.29 Å². The number of ether oxygens (including phenoxy) is 1. The van der Waals surface area contributed by atoms with Crippen LogP contribution in [0, 0.1) is 0 Å². The van der Waals surface area contributed by atoms with Crippen LogP contribution in [0.1, 0.15) is 133 Å². The highest BCUT2D eigenvalue weighted by Gasteiger charge is 2.01. The van der Waals surface area contributed by atoms with Gasteiger partial charge in [0.15, 0.2) is 6.29 Å². The number of benzene rings is 1. The summed E-state index contributed by atoms with van der Waals surface area (Å²) in [6.07, 6.45) is 25.8. The van der Waals surface area contributed by atoms with Gasteiger partial charge in [0.05, 0.1) is 12.2 Å². The Morgan fingerprint density at radius 3 is 1.48 bits per heavy atom. The largest absolute Gasteiger partial charge is 0.493 e. The lowest BCUT2D eigenvalue weighted by Gasteiger charge is -2.08.